The van der Waals surface area contributed by atoms with Gasteiger partial charge in [0.15, 0.2) is 5.69 Å². The second-order valence-corrected chi connectivity index (χ2v) is 8.21. The standard InChI is InChI=1S/C20H35N5O3/c1-5-6-11-24(16(26)13-23-10-8-7-9-15(23)4)17-18(21)25(12-14(2)3)20(28)22-19(17)27/h14-15H,5-13,21H2,1-4H3,(H,22,27,28)/t15-/m0/s1. The van der Waals surface area contributed by atoms with Crippen LogP contribution in [-0.2, 0) is 11.3 Å². The lowest BCUT2D eigenvalue weighted by atomic mass is 10.0. The van der Waals surface area contributed by atoms with Gasteiger partial charge in [0.25, 0.3) is 5.56 Å². The molecule has 0 spiro atoms. The van der Waals surface area contributed by atoms with Crippen molar-refractivity contribution in [3.63, 3.8) is 0 Å². The number of nitrogens with two attached hydrogens (primary N) is 1. The maximum atomic E-state index is 13.2. The smallest absolute Gasteiger partial charge is 0.330 e. The van der Waals surface area contributed by atoms with Gasteiger partial charge in [0, 0.05) is 19.1 Å². The summed E-state index contributed by atoms with van der Waals surface area (Å²) in [5, 5.41) is 0. The number of amides is 1. The molecule has 1 aliphatic rings. The Morgan fingerprint density at radius 3 is 2.64 bits per heavy atom. The summed E-state index contributed by atoms with van der Waals surface area (Å²) in [5.74, 6) is 0.0977. The molecule has 0 radical (unpaired) electrons. The Morgan fingerprint density at radius 1 is 1.32 bits per heavy atom. The van der Waals surface area contributed by atoms with Gasteiger partial charge in [-0.15, -0.1) is 0 Å². The van der Waals surface area contributed by atoms with Crippen LogP contribution in [0.3, 0.4) is 0 Å². The summed E-state index contributed by atoms with van der Waals surface area (Å²) in [7, 11) is 0. The zero-order chi connectivity index (χ0) is 20.8. The fourth-order valence-electron chi connectivity index (χ4n) is 3.71. The first-order valence-electron chi connectivity index (χ1n) is 10.4. The van der Waals surface area contributed by atoms with E-state index < -0.39 is 11.2 Å². The highest BCUT2D eigenvalue weighted by Gasteiger charge is 2.27. The Balaban J connectivity index is 2.40. The predicted molar refractivity (Wildman–Crippen MR) is 113 cm³/mol. The van der Waals surface area contributed by atoms with Gasteiger partial charge < -0.3 is 10.6 Å². The Labute approximate surface area is 166 Å². The van der Waals surface area contributed by atoms with Crippen LogP contribution in [0.15, 0.2) is 9.59 Å². The minimum atomic E-state index is -0.598. The van der Waals surface area contributed by atoms with Crippen LogP contribution < -0.4 is 21.9 Å². The molecule has 1 fully saturated rings. The third kappa shape index (κ3) is 5.25. The summed E-state index contributed by atoms with van der Waals surface area (Å²) in [6, 6.07) is 0.344. The average Bonchev–Trinajstić information content (AvgIpc) is 2.63. The van der Waals surface area contributed by atoms with Crippen molar-refractivity contribution in [2.45, 2.75) is 72.4 Å². The third-order valence-electron chi connectivity index (χ3n) is 5.35. The molecular formula is C20H35N5O3. The van der Waals surface area contributed by atoms with Crippen molar-refractivity contribution in [2.75, 3.05) is 30.3 Å². The number of nitrogens with one attached hydrogen (secondary N) is 1. The number of nitrogen functional groups attached to an aromatic ring is 1. The summed E-state index contributed by atoms with van der Waals surface area (Å²) in [6.45, 7) is 10.0. The molecule has 28 heavy (non-hydrogen) atoms. The Morgan fingerprint density at radius 2 is 2.04 bits per heavy atom. The molecule has 1 amide bonds. The topological polar surface area (TPSA) is 104 Å². The molecule has 1 aromatic rings. The van der Waals surface area contributed by atoms with Crippen LogP contribution in [0.4, 0.5) is 11.5 Å². The number of rotatable bonds is 8. The van der Waals surface area contributed by atoms with Crippen LogP contribution in [0.1, 0.15) is 59.8 Å². The molecule has 158 valence electrons. The zero-order valence-electron chi connectivity index (χ0n) is 17.7. The van der Waals surface area contributed by atoms with E-state index in [-0.39, 0.29) is 29.9 Å². The number of hydrogen-bond acceptors (Lipinski definition) is 5. The van der Waals surface area contributed by atoms with Crippen LogP contribution >= 0.6 is 0 Å². The second kappa shape index (κ2) is 9.91. The number of nitrogens with zero attached hydrogens (tertiary/aromatic N) is 3. The van der Waals surface area contributed by atoms with Gasteiger partial charge in [-0.3, -0.25) is 24.0 Å². The third-order valence-corrected chi connectivity index (χ3v) is 5.35. The van der Waals surface area contributed by atoms with Crippen molar-refractivity contribution in [3.8, 4) is 0 Å². The van der Waals surface area contributed by atoms with Crippen molar-refractivity contribution in [3.05, 3.63) is 20.8 Å². The van der Waals surface area contributed by atoms with Gasteiger partial charge in [-0.1, -0.05) is 33.6 Å². The lowest BCUT2D eigenvalue weighted by Gasteiger charge is -2.34. The second-order valence-electron chi connectivity index (χ2n) is 8.21. The molecule has 0 aromatic carbocycles. The fraction of sp³-hybridized carbons (Fsp3) is 0.750. The first kappa shape index (κ1) is 22.2. The highest BCUT2D eigenvalue weighted by Crippen LogP contribution is 2.21. The van der Waals surface area contributed by atoms with E-state index in [9.17, 15) is 14.4 Å². The number of H-pyrrole nitrogens is 1. The van der Waals surface area contributed by atoms with Crippen molar-refractivity contribution in [1.82, 2.24) is 14.5 Å². The molecule has 3 N–H and O–H groups in total. The van der Waals surface area contributed by atoms with Gasteiger partial charge in [-0.2, -0.15) is 0 Å². The van der Waals surface area contributed by atoms with Crippen LogP contribution in [0.5, 0.6) is 0 Å². The van der Waals surface area contributed by atoms with Gasteiger partial charge in [0.2, 0.25) is 5.91 Å². The zero-order valence-corrected chi connectivity index (χ0v) is 17.7. The molecule has 0 aliphatic carbocycles. The van der Waals surface area contributed by atoms with Crippen LogP contribution in [0, 0.1) is 5.92 Å². The molecule has 1 aromatic heterocycles. The molecule has 0 unspecified atom stereocenters. The largest absolute Gasteiger partial charge is 0.383 e. The maximum Gasteiger partial charge on any atom is 0.330 e. The fourth-order valence-corrected chi connectivity index (χ4v) is 3.71. The molecule has 8 heteroatoms. The number of anilines is 2. The number of piperidine rings is 1. The molecule has 1 saturated heterocycles. The van der Waals surface area contributed by atoms with E-state index in [0.29, 0.717) is 19.1 Å². The Hall–Kier alpha value is -2.09. The number of carbonyl (C=O) groups excluding carboxylic acids is 1. The van der Waals surface area contributed by atoms with Gasteiger partial charge in [-0.05, 0) is 38.6 Å². The maximum absolute atomic E-state index is 13.2. The van der Waals surface area contributed by atoms with E-state index in [1.54, 1.807) is 0 Å². The number of carbonyl (C=O) groups is 1. The van der Waals surface area contributed by atoms with Crippen molar-refractivity contribution >= 4 is 17.4 Å². The summed E-state index contributed by atoms with van der Waals surface area (Å²) in [5.41, 5.74) is 5.21. The van der Waals surface area contributed by atoms with Crippen molar-refractivity contribution in [2.24, 2.45) is 5.92 Å². The molecule has 2 rings (SSSR count). The molecule has 0 bridgehead atoms. The van der Waals surface area contributed by atoms with E-state index in [0.717, 1.165) is 32.2 Å². The summed E-state index contributed by atoms with van der Waals surface area (Å²) < 4.78 is 1.36. The monoisotopic (exact) mass is 393 g/mol. The molecule has 8 nitrogen and oxygen atoms in total. The van der Waals surface area contributed by atoms with E-state index in [1.807, 2.05) is 20.8 Å². The SMILES string of the molecule is CCCCN(C(=O)CN1CCCC[C@@H]1C)c1c(N)n(CC(C)C)c(=O)[nH]c1=O. The number of likely N-dealkylation sites (tertiary alicyclic amines) is 1. The summed E-state index contributed by atoms with van der Waals surface area (Å²) >= 11 is 0. The minimum Gasteiger partial charge on any atom is -0.383 e. The highest BCUT2D eigenvalue weighted by molar-refractivity contribution is 5.96. The minimum absolute atomic E-state index is 0.0681. The molecule has 1 aliphatic heterocycles. The number of aromatic amines is 1. The Kier molecular flexibility index (Phi) is 7.86. The molecule has 0 saturated carbocycles. The highest BCUT2D eigenvalue weighted by atomic mass is 16.2. The quantitative estimate of drug-likeness (QED) is 0.700. The number of hydrogen-bond donors (Lipinski definition) is 2. The van der Waals surface area contributed by atoms with Crippen LogP contribution in [0.25, 0.3) is 0 Å². The van der Waals surface area contributed by atoms with Gasteiger partial charge in [-0.25, -0.2) is 4.79 Å². The van der Waals surface area contributed by atoms with E-state index >= 15 is 0 Å². The lowest BCUT2D eigenvalue weighted by Crippen LogP contribution is -2.48. The van der Waals surface area contributed by atoms with E-state index in [2.05, 4.69) is 16.8 Å². The van der Waals surface area contributed by atoms with E-state index in [1.165, 1.54) is 15.9 Å². The summed E-state index contributed by atoms with van der Waals surface area (Å²) in [4.78, 5) is 44.0. The first-order valence-corrected chi connectivity index (χ1v) is 10.4. The number of unbranched alkanes of at least 4 members (excludes halogenated alkanes) is 1. The van der Waals surface area contributed by atoms with Crippen LogP contribution in [-0.4, -0.2) is 46.0 Å². The molecule has 1 atom stereocenters. The molecule has 2 heterocycles. The van der Waals surface area contributed by atoms with Gasteiger partial charge >= 0.3 is 5.69 Å². The summed E-state index contributed by atoms with van der Waals surface area (Å²) in [6.07, 6.45) is 4.97. The van der Waals surface area contributed by atoms with Crippen LogP contribution in [0.2, 0.25) is 0 Å². The lowest BCUT2D eigenvalue weighted by molar-refractivity contribution is -0.120. The van der Waals surface area contributed by atoms with Gasteiger partial charge in [0.1, 0.15) is 5.82 Å². The van der Waals surface area contributed by atoms with Crippen molar-refractivity contribution in [1.29, 1.82) is 0 Å². The normalized spacial score (nSPS) is 17.8. The molecular weight excluding hydrogens is 358 g/mol. The predicted octanol–water partition coefficient (Wildman–Crippen LogP) is 1.78. The Bertz CT molecular complexity index is 783. The van der Waals surface area contributed by atoms with Gasteiger partial charge in [0.05, 0.1) is 6.54 Å². The first-order chi connectivity index (χ1) is 13.3. The van der Waals surface area contributed by atoms with E-state index in [4.69, 9.17) is 5.73 Å². The average molecular weight is 394 g/mol. The number of aromatic nitrogens is 2. The van der Waals surface area contributed by atoms with Crippen molar-refractivity contribution < 1.29 is 4.79 Å².